The minimum atomic E-state index is -4.29. The number of halogens is 3. The molecule has 0 saturated heterocycles. The standard InChI is InChI=1S/C18H18F3O2/c1-22-16-11-8-14(12-17(16)23-2)5-3-4-13-6-9-15(10-7-13)18(19,20)21/h3,6-12H,4-5H2,1-2H3. The zero-order chi connectivity index (χ0) is 16.9. The van der Waals surface area contributed by atoms with Crippen LogP contribution >= 0.6 is 0 Å². The van der Waals surface area contributed by atoms with Gasteiger partial charge in [0.05, 0.1) is 19.8 Å². The molecule has 0 aliphatic heterocycles. The molecule has 2 rings (SSSR count). The van der Waals surface area contributed by atoms with Crippen LogP contribution in [0.4, 0.5) is 13.2 Å². The summed E-state index contributed by atoms with van der Waals surface area (Å²) >= 11 is 0. The Kier molecular flexibility index (Phi) is 5.53. The van der Waals surface area contributed by atoms with Crippen molar-refractivity contribution in [3.8, 4) is 11.5 Å². The Morgan fingerprint density at radius 2 is 1.39 bits per heavy atom. The molecule has 2 aromatic carbocycles. The average Bonchev–Trinajstić information content (AvgIpc) is 2.54. The van der Waals surface area contributed by atoms with E-state index >= 15 is 0 Å². The summed E-state index contributed by atoms with van der Waals surface area (Å²) in [4.78, 5) is 0. The third-order valence-corrected chi connectivity index (χ3v) is 3.49. The molecule has 0 amide bonds. The summed E-state index contributed by atoms with van der Waals surface area (Å²) in [5.74, 6) is 1.33. The minimum absolute atomic E-state index is 0.604. The predicted octanol–water partition coefficient (Wildman–Crippen LogP) is 4.71. The maximum absolute atomic E-state index is 12.5. The SMILES string of the molecule is COc1ccc(C[CH]Cc2ccc(C(F)(F)F)cc2)cc1OC. The maximum Gasteiger partial charge on any atom is 0.416 e. The molecule has 0 saturated carbocycles. The average molecular weight is 323 g/mol. The Morgan fingerprint density at radius 3 is 1.96 bits per heavy atom. The van der Waals surface area contributed by atoms with Gasteiger partial charge in [0.1, 0.15) is 0 Å². The number of benzene rings is 2. The first-order valence-electron chi connectivity index (χ1n) is 7.12. The topological polar surface area (TPSA) is 18.5 Å². The molecule has 0 aliphatic rings. The monoisotopic (exact) mass is 323 g/mol. The van der Waals surface area contributed by atoms with Crippen LogP contribution < -0.4 is 9.47 Å². The summed E-state index contributed by atoms with van der Waals surface area (Å²) in [5, 5.41) is 0. The van der Waals surface area contributed by atoms with Crippen LogP contribution in [0.15, 0.2) is 42.5 Å². The Balaban J connectivity index is 1.92. The quantitative estimate of drug-likeness (QED) is 0.766. The highest BCUT2D eigenvalue weighted by atomic mass is 19.4. The summed E-state index contributed by atoms with van der Waals surface area (Å²) in [6, 6.07) is 10.9. The fourth-order valence-electron chi connectivity index (χ4n) is 2.24. The Hall–Kier alpha value is -2.17. The molecule has 0 aromatic heterocycles. The second-order valence-electron chi connectivity index (χ2n) is 5.08. The summed E-state index contributed by atoms with van der Waals surface area (Å²) in [7, 11) is 3.15. The van der Waals surface area contributed by atoms with E-state index in [4.69, 9.17) is 9.47 Å². The van der Waals surface area contributed by atoms with Crippen molar-refractivity contribution in [3.63, 3.8) is 0 Å². The number of methoxy groups -OCH3 is 2. The van der Waals surface area contributed by atoms with E-state index in [0.717, 1.165) is 23.3 Å². The second-order valence-corrected chi connectivity index (χ2v) is 5.08. The molecule has 0 spiro atoms. The van der Waals surface area contributed by atoms with Crippen LogP contribution in [-0.2, 0) is 19.0 Å². The Bertz CT molecular complexity index is 634. The largest absolute Gasteiger partial charge is 0.493 e. The van der Waals surface area contributed by atoms with E-state index in [0.29, 0.717) is 24.3 Å². The molecule has 0 unspecified atom stereocenters. The van der Waals surface area contributed by atoms with Gasteiger partial charge in [0.25, 0.3) is 0 Å². The summed E-state index contributed by atoms with van der Waals surface area (Å²) < 4.78 is 47.9. The van der Waals surface area contributed by atoms with E-state index in [9.17, 15) is 13.2 Å². The summed E-state index contributed by atoms with van der Waals surface area (Å²) in [6.45, 7) is 0. The van der Waals surface area contributed by atoms with Gasteiger partial charge in [0.15, 0.2) is 11.5 Å². The van der Waals surface area contributed by atoms with Crippen LogP contribution in [0.25, 0.3) is 0 Å². The third-order valence-electron chi connectivity index (χ3n) is 3.49. The molecular weight excluding hydrogens is 305 g/mol. The van der Waals surface area contributed by atoms with Crippen LogP contribution in [0.2, 0.25) is 0 Å². The van der Waals surface area contributed by atoms with Gasteiger partial charge in [-0.15, -0.1) is 0 Å². The van der Waals surface area contributed by atoms with Gasteiger partial charge in [-0.2, -0.15) is 13.2 Å². The molecule has 0 bridgehead atoms. The molecule has 0 atom stereocenters. The van der Waals surface area contributed by atoms with Crippen molar-refractivity contribution in [3.05, 3.63) is 65.6 Å². The van der Waals surface area contributed by atoms with Crippen molar-refractivity contribution in [2.45, 2.75) is 19.0 Å². The molecule has 1 radical (unpaired) electrons. The molecule has 0 N–H and O–H groups in total. The molecule has 0 aliphatic carbocycles. The van der Waals surface area contributed by atoms with Crippen molar-refractivity contribution in [2.75, 3.05) is 14.2 Å². The Labute approximate surface area is 133 Å². The molecule has 5 heteroatoms. The first-order chi connectivity index (χ1) is 10.9. The van der Waals surface area contributed by atoms with Crippen LogP contribution in [-0.4, -0.2) is 14.2 Å². The lowest BCUT2D eigenvalue weighted by Crippen LogP contribution is -2.04. The van der Waals surface area contributed by atoms with Gasteiger partial charge < -0.3 is 9.47 Å². The minimum Gasteiger partial charge on any atom is -0.493 e. The first kappa shape index (κ1) is 17.2. The highest BCUT2D eigenvalue weighted by molar-refractivity contribution is 5.43. The number of rotatable bonds is 6. The van der Waals surface area contributed by atoms with Crippen LogP contribution in [0.3, 0.4) is 0 Å². The normalized spacial score (nSPS) is 11.3. The molecule has 23 heavy (non-hydrogen) atoms. The fourth-order valence-corrected chi connectivity index (χ4v) is 2.24. The highest BCUT2D eigenvalue weighted by Crippen LogP contribution is 2.30. The molecular formula is C18H18F3O2. The molecule has 123 valence electrons. The second kappa shape index (κ2) is 7.40. The fraction of sp³-hybridized carbons (Fsp3) is 0.278. The van der Waals surface area contributed by atoms with Crippen molar-refractivity contribution in [1.29, 1.82) is 0 Å². The number of alkyl halides is 3. The number of ether oxygens (including phenoxy) is 2. The van der Waals surface area contributed by atoms with Crippen LogP contribution in [0.5, 0.6) is 11.5 Å². The van der Waals surface area contributed by atoms with E-state index < -0.39 is 11.7 Å². The molecule has 2 aromatic rings. The van der Waals surface area contributed by atoms with E-state index in [-0.39, 0.29) is 0 Å². The van der Waals surface area contributed by atoms with Gasteiger partial charge in [-0.3, -0.25) is 0 Å². The molecule has 2 nitrogen and oxygen atoms in total. The predicted molar refractivity (Wildman–Crippen MR) is 82.7 cm³/mol. The first-order valence-corrected chi connectivity index (χ1v) is 7.12. The lowest BCUT2D eigenvalue weighted by molar-refractivity contribution is -0.137. The van der Waals surface area contributed by atoms with Crippen molar-refractivity contribution in [1.82, 2.24) is 0 Å². The van der Waals surface area contributed by atoms with Gasteiger partial charge >= 0.3 is 6.18 Å². The zero-order valence-corrected chi connectivity index (χ0v) is 13.0. The lowest BCUT2D eigenvalue weighted by atomic mass is 10.0. The van der Waals surface area contributed by atoms with E-state index in [1.54, 1.807) is 14.2 Å². The van der Waals surface area contributed by atoms with E-state index in [1.807, 2.05) is 24.6 Å². The summed E-state index contributed by atoms with van der Waals surface area (Å²) in [5.41, 5.74) is 1.27. The van der Waals surface area contributed by atoms with Crippen molar-refractivity contribution < 1.29 is 22.6 Å². The lowest BCUT2D eigenvalue weighted by Gasteiger charge is -2.10. The summed E-state index contributed by atoms with van der Waals surface area (Å²) in [6.07, 6.45) is -0.973. The number of hydrogen-bond acceptors (Lipinski definition) is 2. The van der Waals surface area contributed by atoms with Gasteiger partial charge in [-0.1, -0.05) is 18.2 Å². The van der Waals surface area contributed by atoms with E-state index in [1.165, 1.54) is 12.1 Å². The zero-order valence-electron chi connectivity index (χ0n) is 13.0. The van der Waals surface area contributed by atoms with Gasteiger partial charge in [0.2, 0.25) is 0 Å². The van der Waals surface area contributed by atoms with E-state index in [2.05, 4.69) is 0 Å². The van der Waals surface area contributed by atoms with Crippen LogP contribution in [0, 0.1) is 6.42 Å². The van der Waals surface area contributed by atoms with Crippen molar-refractivity contribution in [2.24, 2.45) is 0 Å². The van der Waals surface area contributed by atoms with Gasteiger partial charge in [0, 0.05) is 0 Å². The van der Waals surface area contributed by atoms with Crippen molar-refractivity contribution >= 4 is 0 Å². The van der Waals surface area contributed by atoms with Gasteiger partial charge in [-0.05, 0) is 54.7 Å². The highest BCUT2D eigenvalue weighted by Gasteiger charge is 2.29. The maximum atomic E-state index is 12.5. The third kappa shape index (κ3) is 4.65. The van der Waals surface area contributed by atoms with Gasteiger partial charge in [-0.25, -0.2) is 0 Å². The molecule has 0 fully saturated rings. The van der Waals surface area contributed by atoms with Crippen LogP contribution in [0.1, 0.15) is 16.7 Å². The molecule has 0 heterocycles. The Morgan fingerprint density at radius 1 is 0.826 bits per heavy atom. The number of hydrogen-bond donors (Lipinski definition) is 0. The smallest absolute Gasteiger partial charge is 0.416 e.